The minimum Gasteiger partial charge on any atom is -0.484 e. The van der Waals surface area contributed by atoms with Gasteiger partial charge in [-0.2, -0.15) is 0 Å². The molecule has 1 N–H and O–H groups in total. The van der Waals surface area contributed by atoms with Crippen molar-refractivity contribution in [2.45, 2.75) is 37.0 Å². The molecule has 2 unspecified atom stereocenters. The van der Waals surface area contributed by atoms with Gasteiger partial charge in [-0.3, -0.25) is 9.00 Å². The van der Waals surface area contributed by atoms with E-state index in [4.69, 9.17) is 21.4 Å². The second kappa shape index (κ2) is 11.2. The van der Waals surface area contributed by atoms with Gasteiger partial charge in [0.2, 0.25) is 0 Å². The number of rotatable bonds is 6. The number of ether oxygens (including phenoxy) is 1. The standard InChI is InChI=1S/C19H20ClNO4S.C2H6/c20-15-3-7-17(8-4-15)26(24)18-9-10-21(11-18)19(23)13-25-16-5-1-14(12-22)2-6-16;1-2/h1-8,18,22H,9-13H2;1-2H3. The topological polar surface area (TPSA) is 66.8 Å². The van der Waals surface area contributed by atoms with Crippen LogP contribution in [0.2, 0.25) is 5.02 Å². The van der Waals surface area contributed by atoms with Crippen LogP contribution in [0.5, 0.6) is 5.75 Å². The molecule has 2 aromatic carbocycles. The minimum atomic E-state index is -1.16. The normalized spacial score (nSPS) is 16.9. The number of aliphatic hydroxyl groups is 1. The van der Waals surface area contributed by atoms with Crippen LogP contribution in [0.1, 0.15) is 25.8 Å². The van der Waals surface area contributed by atoms with E-state index in [9.17, 15) is 9.00 Å². The predicted molar refractivity (Wildman–Crippen MR) is 112 cm³/mol. The fourth-order valence-corrected chi connectivity index (χ4v) is 4.37. The van der Waals surface area contributed by atoms with Crippen LogP contribution < -0.4 is 4.74 Å². The molecule has 2 aromatic rings. The third kappa shape index (κ3) is 6.06. The first-order valence-corrected chi connectivity index (χ1v) is 10.9. The van der Waals surface area contributed by atoms with Gasteiger partial charge in [0.15, 0.2) is 6.61 Å². The summed E-state index contributed by atoms with van der Waals surface area (Å²) in [7, 11) is -1.16. The largest absolute Gasteiger partial charge is 0.484 e. The van der Waals surface area contributed by atoms with Crippen LogP contribution in [0.4, 0.5) is 0 Å². The summed E-state index contributed by atoms with van der Waals surface area (Å²) in [6.07, 6.45) is 0.701. The van der Waals surface area contributed by atoms with E-state index in [1.54, 1.807) is 53.4 Å². The van der Waals surface area contributed by atoms with E-state index in [0.717, 1.165) is 10.5 Å². The molecular weight excluding hydrogens is 398 g/mol. The average molecular weight is 424 g/mol. The van der Waals surface area contributed by atoms with Crippen molar-refractivity contribution < 1.29 is 18.8 Å². The Hall–Kier alpha value is -1.89. The Labute approximate surface area is 173 Å². The van der Waals surface area contributed by atoms with Crippen molar-refractivity contribution in [3.8, 4) is 5.75 Å². The van der Waals surface area contributed by atoms with Crippen molar-refractivity contribution in [1.29, 1.82) is 0 Å². The zero-order valence-electron chi connectivity index (χ0n) is 16.1. The molecule has 1 amide bonds. The first-order valence-electron chi connectivity index (χ1n) is 9.33. The highest BCUT2D eigenvalue weighted by Crippen LogP contribution is 2.22. The third-order valence-corrected chi connectivity index (χ3v) is 6.29. The Morgan fingerprint density at radius 3 is 2.43 bits per heavy atom. The molecule has 152 valence electrons. The first-order chi connectivity index (χ1) is 13.6. The monoisotopic (exact) mass is 423 g/mol. The number of carbonyl (C=O) groups is 1. The summed E-state index contributed by atoms with van der Waals surface area (Å²) in [6.45, 7) is 4.95. The van der Waals surface area contributed by atoms with Crippen molar-refractivity contribution >= 4 is 28.3 Å². The zero-order valence-corrected chi connectivity index (χ0v) is 17.7. The van der Waals surface area contributed by atoms with Gasteiger partial charge in [0.25, 0.3) is 5.91 Å². The smallest absolute Gasteiger partial charge is 0.260 e. The quantitative estimate of drug-likeness (QED) is 0.770. The number of halogens is 1. The Balaban J connectivity index is 0.00000136. The van der Waals surface area contributed by atoms with Crippen molar-refractivity contribution in [1.82, 2.24) is 4.90 Å². The van der Waals surface area contributed by atoms with Crippen molar-refractivity contribution in [2.75, 3.05) is 19.7 Å². The Morgan fingerprint density at radius 1 is 1.18 bits per heavy atom. The summed E-state index contributed by atoms with van der Waals surface area (Å²) in [4.78, 5) is 14.8. The molecule has 3 rings (SSSR count). The summed E-state index contributed by atoms with van der Waals surface area (Å²) in [6, 6.07) is 13.9. The predicted octanol–water partition coefficient (Wildman–Crippen LogP) is 3.65. The highest BCUT2D eigenvalue weighted by Gasteiger charge is 2.31. The Morgan fingerprint density at radius 2 is 1.82 bits per heavy atom. The zero-order chi connectivity index (χ0) is 20.5. The van der Waals surface area contributed by atoms with Gasteiger partial charge in [0, 0.05) is 23.0 Å². The molecule has 0 aromatic heterocycles. The molecule has 0 spiro atoms. The number of hydrogen-bond acceptors (Lipinski definition) is 4. The molecule has 28 heavy (non-hydrogen) atoms. The highest BCUT2D eigenvalue weighted by molar-refractivity contribution is 7.85. The summed E-state index contributed by atoms with van der Waals surface area (Å²) in [5, 5.41) is 9.55. The maximum Gasteiger partial charge on any atom is 0.260 e. The Kier molecular flexibility index (Phi) is 8.96. The lowest BCUT2D eigenvalue weighted by atomic mass is 10.2. The van der Waals surface area contributed by atoms with E-state index >= 15 is 0 Å². The molecule has 0 bridgehead atoms. The van der Waals surface area contributed by atoms with E-state index in [1.807, 2.05) is 13.8 Å². The fraction of sp³-hybridized carbons (Fsp3) is 0.381. The SMILES string of the molecule is CC.O=C(COc1ccc(CO)cc1)N1CCC(S(=O)c2ccc(Cl)cc2)C1. The van der Waals surface area contributed by atoms with Gasteiger partial charge in [0.05, 0.1) is 22.7 Å². The number of nitrogens with zero attached hydrogens (tertiary/aromatic N) is 1. The number of carbonyl (C=O) groups excluding carboxylic acids is 1. The van der Waals surface area contributed by atoms with Gasteiger partial charge in [-0.05, 0) is 48.4 Å². The molecule has 7 heteroatoms. The van der Waals surface area contributed by atoms with Crippen LogP contribution in [0.15, 0.2) is 53.4 Å². The number of hydrogen-bond donors (Lipinski definition) is 1. The highest BCUT2D eigenvalue weighted by atomic mass is 35.5. The van der Waals surface area contributed by atoms with E-state index in [2.05, 4.69) is 0 Å². The van der Waals surface area contributed by atoms with Crippen molar-refractivity contribution in [2.24, 2.45) is 0 Å². The van der Waals surface area contributed by atoms with E-state index in [-0.39, 0.29) is 24.4 Å². The van der Waals surface area contributed by atoms with Crippen LogP contribution in [0.25, 0.3) is 0 Å². The molecule has 5 nitrogen and oxygen atoms in total. The summed E-state index contributed by atoms with van der Waals surface area (Å²) in [5.74, 6) is 0.461. The second-order valence-electron chi connectivity index (χ2n) is 6.09. The molecule has 1 aliphatic rings. The average Bonchev–Trinajstić information content (AvgIpc) is 3.24. The number of aliphatic hydroxyl groups excluding tert-OH is 1. The third-order valence-electron chi connectivity index (χ3n) is 4.31. The lowest BCUT2D eigenvalue weighted by Gasteiger charge is -2.17. The van der Waals surface area contributed by atoms with Gasteiger partial charge in [-0.1, -0.05) is 37.6 Å². The van der Waals surface area contributed by atoms with Crippen LogP contribution in [0.3, 0.4) is 0 Å². The molecule has 1 fully saturated rings. The van der Waals surface area contributed by atoms with E-state index < -0.39 is 10.8 Å². The van der Waals surface area contributed by atoms with Gasteiger partial charge in [-0.15, -0.1) is 0 Å². The molecule has 0 radical (unpaired) electrons. The van der Waals surface area contributed by atoms with Gasteiger partial charge in [0.1, 0.15) is 5.75 Å². The summed E-state index contributed by atoms with van der Waals surface area (Å²) < 4.78 is 18.2. The molecule has 1 aliphatic heterocycles. The molecule has 2 atom stereocenters. The van der Waals surface area contributed by atoms with E-state index in [1.165, 1.54) is 0 Å². The van der Waals surface area contributed by atoms with Gasteiger partial charge in [-0.25, -0.2) is 0 Å². The molecule has 1 heterocycles. The van der Waals surface area contributed by atoms with Crippen LogP contribution in [0, 0.1) is 0 Å². The lowest BCUT2D eigenvalue weighted by Crippen LogP contribution is -2.34. The summed E-state index contributed by atoms with van der Waals surface area (Å²) in [5.41, 5.74) is 0.788. The van der Waals surface area contributed by atoms with Crippen LogP contribution in [-0.4, -0.2) is 45.1 Å². The van der Waals surface area contributed by atoms with Crippen LogP contribution >= 0.6 is 11.6 Å². The Bertz CT molecular complexity index is 780. The van der Waals surface area contributed by atoms with Crippen molar-refractivity contribution in [3.05, 3.63) is 59.1 Å². The second-order valence-corrected chi connectivity index (χ2v) is 8.26. The van der Waals surface area contributed by atoms with E-state index in [0.29, 0.717) is 30.3 Å². The lowest BCUT2D eigenvalue weighted by molar-refractivity contribution is -0.132. The number of likely N-dealkylation sites (tertiary alicyclic amines) is 1. The number of amides is 1. The van der Waals surface area contributed by atoms with Crippen molar-refractivity contribution in [3.63, 3.8) is 0 Å². The molecule has 1 saturated heterocycles. The van der Waals surface area contributed by atoms with Crippen LogP contribution in [-0.2, 0) is 22.2 Å². The van der Waals surface area contributed by atoms with Gasteiger partial charge < -0.3 is 14.7 Å². The maximum absolute atomic E-state index is 12.6. The number of benzene rings is 2. The first kappa shape index (κ1) is 22.4. The summed E-state index contributed by atoms with van der Waals surface area (Å²) >= 11 is 5.86. The molecule has 0 saturated carbocycles. The fourth-order valence-electron chi connectivity index (χ4n) is 2.82. The molecular formula is C21H26ClNO4S. The maximum atomic E-state index is 12.6. The molecule has 0 aliphatic carbocycles. The minimum absolute atomic E-state index is 0.0286. The van der Waals surface area contributed by atoms with Gasteiger partial charge >= 0.3 is 0 Å².